The predicted octanol–water partition coefficient (Wildman–Crippen LogP) is 5.10. The van der Waals surface area contributed by atoms with E-state index in [0.29, 0.717) is 11.4 Å². The molecule has 1 nitrogen and oxygen atoms in total. The molecule has 0 saturated heterocycles. The van der Waals surface area contributed by atoms with E-state index in [1.807, 2.05) is 12.1 Å². The average Bonchev–Trinajstić information content (AvgIpc) is 2.24. The van der Waals surface area contributed by atoms with Crippen molar-refractivity contribution in [3.63, 3.8) is 0 Å². The van der Waals surface area contributed by atoms with Crippen LogP contribution in [0.1, 0.15) is 30.9 Å². The monoisotopic (exact) mass is 343 g/mol. The summed E-state index contributed by atoms with van der Waals surface area (Å²) in [5.74, 6) is 0. The van der Waals surface area contributed by atoms with Crippen LogP contribution in [0, 0.1) is 0 Å². The van der Waals surface area contributed by atoms with Crippen LogP contribution in [0.5, 0.6) is 0 Å². The Hall–Kier alpha value is -0.260. The highest BCUT2D eigenvalue weighted by Crippen LogP contribution is 2.31. The maximum atomic E-state index is 12.1. The van der Waals surface area contributed by atoms with Gasteiger partial charge in [0.15, 0.2) is 0 Å². The summed E-state index contributed by atoms with van der Waals surface area (Å²) in [6, 6.07) is 5.23. The van der Waals surface area contributed by atoms with Crippen molar-refractivity contribution in [2.45, 2.75) is 31.5 Å². The lowest BCUT2D eigenvalue weighted by atomic mass is 10.0. The van der Waals surface area contributed by atoms with E-state index in [9.17, 15) is 13.2 Å². The molecule has 0 aliphatic carbocycles. The Morgan fingerprint density at radius 1 is 1.39 bits per heavy atom. The Labute approximate surface area is 118 Å². The number of benzene rings is 1. The second-order valence-corrected chi connectivity index (χ2v) is 5.34. The van der Waals surface area contributed by atoms with Crippen molar-refractivity contribution in [3.8, 4) is 0 Å². The lowest BCUT2D eigenvalue weighted by Gasteiger charge is -2.18. The number of halogens is 5. The third-order valence-corrected chi connectivity index (χ3v) is 3.46. The van der Waals surface area contributed by atoms with E-state index >= 15 is 0 Å². The SMILES string of the molecule is CNC(CCCC(F)(F)F)c1ccc(Br)cc1Cl. The first-order valence-electron chi connectivity index (χ1n) is 5.52. The van der Waals surface area contributed by atoms with Crippen LogP contribution in [-0.4, -0.2) is 13.2 Å². The van der Waals surface area contributed by atoms with Gasteiger partial charge in [0.1, 0.15) is 0 Å². The fourth-order valence-electron chi connectivity index (χ4n) is 1.75. The normalized spacial score (nSPS) is 13.7. The van der Waals surface area contributed by atoms with E-state index in [0.717, 1.165) is 10.0 Å². The van der Waals surface area contributed by atoms with Gasteiger partial charge in [0, 0.05) is 22.0 Å². The van der Waals surface area contributed by atoms with E-state index < -0.39 is 12.6 Å². The Bertz CT molecular complexity index is 395. The quantitative estimate of drug-likeness (QED) is 0.784. The van der Waals surface area contributed by atoms with Crippen molar-refractivity contribution in [3.05, 3.63) is 33.3 Å². The minimum Gasteiger partial charge on any atom is -0.313 e. The van der Waals surface area contributed by atoms with Crippen LogP contribution < -0.4 is 5.32 Å². The molecule has 1 unspecified atom stereocenters. The highest BCUT2D eigenvalue weighted by atomic mass is 79.9. The third kappa shape index (κ3) is 5.16. The molecule has 0 aliphatic rings. The molecular weight excluding hydrogens is 330 g/mol. The number of hydrogen-bond acceptors (Lipinski definition) is 1. The van der Waals surface area contributed by atoms with Crippen molar-refractivity contribution in [1.82, 2.24) is 5.32 Å². The average molecular weight is 345 g/mol. The lowest BCUT2D eigenvalue weighted by molar-refractivity contribution is -0.135. The lowest BCUT2D eigenvalue weighted by Crippen LogP contribution is -2.18. The Kier molecular flexibility index (Phi) is 5.95. The van der Waals surface area contributed by atoms with Crippen molar-refractivity contribution in [2.24, 2.45) is 0 Å². The van der Waals surface area contributed by atoms with Crippen LogP contribution in [0.3, 0.4) is 0 Å². The molecular formula is C12H14BrClF3N. The molecule has 0 saturated carbocycles. The van der Waals surface area contributed by atoms with Crippen LogP contribution in [0.15, 0.2) is 22.7 Å². The molecule has 0 aromatic heterocycles. The zero-order valence-corrected chi connectivity index (χ0v) is 12.2. The molecule has 0 amide bonds. The largest absolute Gasteiger partial charge is 0.389 e. The number of nitrogens with one attached hydrogen (secondary N) is 1. The zero-order valence-electron chi connectivity index (χ0n) is 9.82. The van der Waals surface area contributed by atoms with Gasteiger partial charge in [-0.1, -0.05) is 33.6 Å². The van der Waals surface area contributed by atoms with Gasteiger partial charge >= 0.3 is 6.18 Å². The highest BCUT2D eigenvalue weighted by Gasteiger charge is 2.27. The summed E-state index contributed by atoms with van der Waals surface area (Å²) in [7, 11) is 1.72. The molecule has 0 spiro atoms. The topological polar surface area (TPSA) is 12.0 Å². The molecule has 6 heteroatoms. The summed E-state index contributed by atoms with van der Waals surface area (Å²) >= 11 is 9.37. The maximum Gasteiger partial charge on any atom is 0.389 e. The van der Waals surface area contributed by atoms with Crippen LogP contribution >= 0.6 is 27.5 Å². The van der Waals surface area contributed by atoms with Gasteiger partial charge in [0.05, 0.1) is 0 Å². The second kappa shape index (κ2) is 6.78. The van der Waals surface area contributed by atoms with Gasteiger partial charge in [-0.25, -0.2) is 0 Å². The molecule has 102 valence electrons. The number of alkyl halides is 3. The van der Waals surface area contributed by atoms with Crippen LogP contribution in [-0.2, 0) is 0 Å². The molecule has 1 atom stereocenters. The molecule has 1 aromatic carbocycles. The zero-order chi connectivity index (χ0) is 13.8. The summed E-state index contributed by atoms with van der Waals surface area (Å²) in [5.41, 5.74) is 0.824. The molecule has 1 N–H and O–H groups in total. The van der Waals surface area contributed by atoms with Gasteiger partial charge in [-0.2, -0.15) is 13.2 Å². The molecule has 1 aromatic rings. The standard InChI is InChI=1S/C12H14BrClF3N/c1-18-11(3-2-6-12(15,16)17)9-5-4-8(13)7-10(9)14/h4-5,7,11,18H,2-3,6H2,1H3. The second-order valence-electron chi connectivity index (χ2n) is 4.01. The molecule has 0 heterocycles. The van der Waals surface area contributed by atoms with Gasteiger partial charge in [-0.05, 0) is 37.6 Å². The smallest absolute Gasteiger partial charge is 0.313 e. The van der Waals surface area contributed by atoms with Gasteiger partial charge in [-0.15, -0.1) is 0 Å². The fourth-order valence-corrected chi connectivity index (χ4v) is 2.55. The highest BCUT2D eigenvalue weighted by molar-refractivity contribution is 9.10. The first-order chi connectivity index (χ1) is 8.33. The maximum absolute atomic E-state index is 12.1. The summed E-state index contributed by atoms with van der Waals surface area (Å²) in [5, 5.41) is 3.55. The minimum absolute atomic E-state index is 0.0847. The van der Waals surface area contributed by atoms with Crippen molar-refractivity contribution in [2.75, 3.05) is 7.05 Å². The number of rotatable bonds is 5. The summed E-state index contributed by atoms with van der Waals surface area (Å²) in [6.45, 7) is 0. The Morgan fingerprint density at radius 3 is 2.56 bits per heavy atom. The van der Waals surface area contributed by atoms with Gasteiger partial charge in [0.2, 0.25) is 0 Å². The molecule has 18 heavy (non-hydrogen) atoms. The minimum atomic E-state index is -4.10. The summed E-state index contributed by atoms with van der Waals surface area (Å²) in [4.78, 5) is 0. The molecule has 0 radical (unpaired) electrons. The molecule has 0 bridgehead atoms. The van der Waals surface area contributed by atoms with Crippen LogP contribution in [0.4, 0.5) is 13.2 Å². The number of hydrogen-bond donors (Lipinski definition) is 1. The third-order valence-electron chi connectivity index (χ3n) is 2.64. The van der Waals surface area contributed by atoms with Crippen LogP contribution in [0.25, 0.3) is 0 Å². The van der Waals surface area contributed by atoms with Gasteiger partial charge in [0.25, 0.3) is 0 Å². The van der Waals surface area contributed by atoms with E-state index in [-0.39, 0.29) is 12.5 Å². The van der Waals surface area contributed by atoms with Gasteiger partial charge in [-0.3, -0.25) is 0 Å². The molecule has 1 rings (SSSR count). The Morgan fingerprint density at radius 2 is 2.06 bits per heavy atom. The van der Waals surface area contributed by atoms with E-state index in [1.54, 1.807) is 13.1 Å². The van der Waals surface area contributed by atoms with Crippen LogP contribution in [0.2, 0.25) is 5.02 Å². The van der Waals surface area contributed by atoms with E-state index in [1.165, 1.54) is 0 Å². The van der Waals surface area contributed by atoms with Crippen molar-refractivity contribution < 1.29 is 13.2 Å². The van der Waals surface area contributed by atoms with Gasteiger partial charge < -0.3 is 5.32 Å². The van der Waals surface area contributed by atoms with E-state index in [2.05, 4.69) is 21.2 Å². The Balaban J connectivity index is 2.66. The summed E-state index contributed by atoms with van der Waals surface area (Å²) < 4.78 is 37.1. The predicted molar refractivity (Wildman–Crippen MR) is 70.9 cm³/mol. The van der Waals surface area contributed by atoms with Crippen molar-refractivity contribution >= 4 is 27.5 Å². The molecule has 0 aliphatic heterocycles. The first kappa shape index (κ1) is 15.8. The summed E-state index contributed by atoms with van der Waals surface area (Å²) in [6.07, 6.45) is -4.38. The van der Waals surface area contributed by atoms with Crippen molar-refractivity contribution in [1.29, 1.82) is 0 Å². The first-order valence-corrected chi connectivity index (χ1v) is 6.69. The van der Waals surface area contributed by atoms with E-state index in [4.69, 9.17) is 11.6 Å². The fraction of sp³-hybridized carbons (Fsp3) is 0.500. The molecule has 0 fully saturated rings.